The third-order valence-corrected chi connectivity index (χ3v) is 14.3. The molecule has 0 amide bonds. The van der Waals surface area contributed by atoms with Crippen molar-refractivity contribution in [3.05, 3.63) is 0 Å². The molecule has 7 nitrogen and oxygen atoms in total. The first-order valence-corrected chi connectivity index (χ1v) is 18.7. The first kappa shape index (κ1) is 31.9. The van der Waals surface area contributed by atoms with Crippen molar-refractivity contribution in [2.45, 2.75) is 166 Å². The van der Waals surface area contributed by atoms with Crippen molar-refractivity contribution < 1.29 is 33.7 Å². The third-order valence-electron chi connectivity index (χ3n) is 14.3. The van der Waals surface area contributed by atoms with Crippen LogP contribution in [-0.4, -0.2) is 45.9 Å². The minimum absolute atomic E-state index is 0.0816. The fourth-order valence-corrected chi connectivity index (χ4v) is 12.1. The monoisotopic (exact) mass is 626 g/mol. The summed E-state index contributed by atoms with van der Waals surface area (Å²) >= 11 is 0. The molecule has 45 heavy (non-hydrogen) atoms. The Morgan fingerprint density at radius 2 is 1.42 bits per heavy atom. The van der Waals surface area contributed by atoms with Crippen LogP contribution < -0.4 is 0 Å². The van der Waals surface area contributed by atoms with Crippen molar-refractivity contribution in [3.63, 3.8) is 0 Å². The molecule has 9 rings (SSSR count). The number of ether oxygens (including phenoxy) is 3. The van der Waals surface area contributed by atoms with Gasteiger partial charge in [0.15, 0.2) is 0 Å². The van der Waals surface area contributed by atoms with Crippen molar-refractivity contribution >= 4 is 17.9 Å². The fourth-order valence-electron chi connectivity index (χ4n) is 12.1. The maximum absolute atomic E-state index is 14.2. The van der Waals surface area contributed by atoms with E-state index in [2.05, 4.69) is 6.92 Å². The highest BCUT2D eigenvalue weighted by molar-refractivity contribution is 5.80. The Morgan fingerprint density at radius 1 is 0.844 bits per heavy atom. The molecular weight excluding hydrogens is 568 g/mol. The van der Waals surface area contributed by atoms with Crippen LogP contribution in [0, 0.1) is 52.8 Å². The first-order valence-electron chi connectivity index (χ1n) is 18.7. The van der Waals surface area contributed by atoms with Crippen LogP contribution in [0.15, 0.2) is 0 Å². The molecule has 9 aliphatic carbocycles. The predicted molar refractivity (Wildman–Crippen MR) is 169 cm³/mol. The Hall–Kier alpha value is -1.63. The lowest BCUT2D eigenvalue weighted by Gasteiger charge is -2.59. The van der Waals surface area contributed by atoms with E-state index in [1.165, 1.54) is 6.42 Å². The number of aliphatic hydroxyl groups is 1. The van der Waals surface area contributed by atoms with Gasteiger partial charge in [0, 0.05) is 6.42 Å². The molecule has 0 aromatic carbocycles. The van der Waals surface area contributed by atoms with Crippen LogP contribution >= 0.6 is 0 Å². The van der Waals surface area contributed by atoms with Crippen LogP contribution in [-0.2, 0) is 28.6 Å². The normalized spacial score (nSPS) is 43.9. The fraction of sp³-hybridized carbons (Fsp3) is 0.921. The highest BCUT2D eigenvalue weighted by Crippen LogP contribution is 2.61. The zero-order valence-electron chi connectivity index (χ0n) is 28.3. The molecule has 0 radical (unpaired) electrons. The molecule has 252 valence electrons. The molecule has 5 unspecified atom stereocenters. The lowest BCUT2D eigenvalue weighted by molar-refractivity contribution is -0.222. The molecule has 0 aromatic heterocycles. The maximum atomic E-state index is 14.2. The molecule has 9 fully saturated rings. The number of rotatable bonds is 11. The van der Waals surface area contributed by atoms with Gasteiger partial charge in [-0.1, -0.05) is 13.8 Å². The summed E-state index contributed by atoms with van der Waals surface area (Å²) in [5, 5.41) is 11.2. The summed E-state index contributed by atoms with van der Waals surface area (Å²) in [6.07, 6.45) is 15.9. The van der Waals surface area contributed by atoms with Gasteiger partial charge in [0.1, 0.15) is 17.3 Å². The Kier molecular flexibility index (Phi) is 8.17. The van der Waals surface area contributed by atoms with Crippen LogP contribution in [0.25, 0.3) is 0 Å². The first-order chi connectivity index (χ1) is 21.3. The van der Waals surface area contributed by atoms with Crippen molar-refractivity contribution in [1.82, 2.24) is 0 Å². The van der Waals surface area contributed by atoms with E-state index in [4.69, 9.17) is 14.2 Å². The molecule has 5 atom stereocenters. The Morgan fingerprint density at radius 3 is 1.98 bits per heavy atom. The van der Waals surface area contributed by atoms with Gasteiger partial charge >= 0.3 is 17.9 Å². The summed E-state index contributed by atoms with van der Waals surface area (Å²) < 4.78 is 19.0. The molecule has 9 saturated carbocycles. The molecule has 0 saturated heterocycles. The Bertz CT molecular complexity index is 1130. The molecule has 0 heterocycles. The summed E-state index contributed by atoms with van der Waals surface area (Å²) in [5.41, 5.74) is -2.58. The summed E-state index contributed by atoms with van der Waals surface area (Å²) in [6, 6.07) is 0. The summed E-state index contributed by atoms with van der Waals surface area (Å²) in [7, 11) is 0. The maximum Gasteiger partial charge on any atom is 0.312 e. The average Bonchev–Trinajstić information content (AvgIpc) is 3.46. The Balaban J connectivity index is 1.05. The van der Waals surface area contributed by atoms with Gasteiger partial charge < -0.3 is 19.3 Å². The minimum atomic E-state index is -0.857. The van der Waals surface area contributed by atoms with Crippen molar-refractivity contribution in [1.29, 1.82) is 0 Å². The number of esters is 3. The van der Waals surface area contributed by atoms with Crippen molar-refractivity contribution in [2.24, 2.45) is 52.8 Å². The third kappa shape index (κ3) is 5.99. The van der Waals surface area contributed by atoms with Crippen LogP contribution in [0.2, 0.25) is 0 Å². The summed E-state index contributed by atoms with van der Waals surface area (Å²) in [4.78, 5) is 41.7. The van der Waals surface area contributed by atoms with Crippen molar-refractivity contribution in [2.75, 3.05) is 0 Å². The van der Waals surface area contributed by atoms with Crippen LogP contribution in [0.4, 0.5) is 0 Å². The zero-order chi connectivity index (χ0) is 31.8. The predicted octanol–water partition coefficient (Wildman–Crippen LogP) is 7.31. The van der Waals surface area contributed by atoms with Gasteiger partial charge in [0.25, 0.3) is 0 Å². The second kappa shape index (κ2) is 11.5. The van der Waals surface area contributed by atoms with E-state index in [1.807, 2.05) is 20.8 Å². The highest BCUT2D eigenvalue weighted by atomic mass is 16.6. The zero-order valence-corrected chi connectivity index (χ0v) is 28.3. The van der Waals surface area contributed by atoms with Gasteiger partial charge in [-0.25, -0.2) is 0 Å². The molecule has 0 aliphatic heterocycles. The smallest absolute Gasteiger partial charge is 0.312 e. The van der Waals surface area contributed by atoms with E-state index in [9.17, 15) is 19.5 Å². The largest absolute Gasteiger partial charge is 0.462 e. The van der Waals surface area contributed by atoms with Gasteiger partial charge in [-0.2, -0.15) is 0 Å². The molecule has 9 aliphatic rings. The second-order valence-corrected chi connectivity index (χ2v) is 18.0. The molecule has 7 heteroatoms. The number of hydrogen-bond acceptors (Lipinski definition) is 7. The molecule has 1 N–H and O–H groups in total. The molecule has 0 aromatic rings. The SMILES string of the molecule is CCC(C)(CC(CC(C)C(=O)OC12CC3CC(CC(O)(C3)C1)C2)C(=O)OC1CCCC1)C(=O)OC1(C)C2CC3CC(C2)CC1C3. The van der Waals surface area contributed by atoms with Gasteiger partial charge in [-0.15, -0.1) is 0 Å². The van der Waals surface area contributed by atoms with Gasteiger partial charge in [-0.05, 0) is 159 Å². The standard InChI is InChI=1S/C38H58O7/c1-5-35(3,34(41)45-36(4)29-13-24-11-25(15-29)16-30(36)14-24)21-28(33(40)43-31-8-6-7-9-31)10-23(2)32(39)44-38-19-26-12-27(20-38)18-37(42,17-26)22-38/h23-31,42H,5-22H2,1-4H3. The van der Waals surface area contributed by atoms with Crippen LogP contribution in [0.3, 0.4) is 0 Å². The lowest BCUT2D eigenvalue weighted by Crippen LogP contribution is -2.60. The van der Waals surface area contributed by atoms with Crippen LogP contribution in [0.1, 0.15) is 143 Å². The summed E-state index contributed by atoms with van der Waals surface area (Å²) in [6.45, 7) is 7.99. The van der Waals surface area contributed by atoms with Crippen molar-refractivity contribution in [3.8, 4) is 0 Å². The van der Waals surface area contributed by atoms with E-state index >= 15 is 0 Å². The molecule has 0 spiro atoms. The van der Waals surface area contributed by atoms with Gasteiger partial charge in [-0.3, -0.25) is 14.4 Å². The number of carbonyl (C=O) groups excluding carboxylic acids is 3. The van der Waals surface area contributed by atoms with Gasteiger partial charge in [0.05, 0.1) is 22.9 Å². The minimum Gasteiger partial charge on any atom is -0.462 e. The lowest BCUT2D eigenvalue weighted by atomic mass is 9.50. The van der Waals surface area contributed by atoms with E-state index in [1.54, 1.807) is 0 Å². The molecular formula is C38H58O7. The van der Waals surface area contributed by atoms with E-state index in [0.717, 1.165) is 95.3 Å². The van der Waals surface area contributed by atoms with E-state index < -0.39 is 34.1 Å². The number of carbonyl (C=O) groups is 3. The molecule has 8 bridgehead atoms. The number of hydrogen-bond donors (Lipinski definition) is 1. The second-order valence-electron chi connectivity index (χ2n) is 18.0. The van der Waals surface area contributed by atoms with Crippen LogP contribution in [0.5, 0.6) is 0 Å². The topological polar surface area (TPSA) is 99.1 Å². The van der Waals surface area contributed by atoms with E-state index in [0.29, 0.717) is 42.9 Å². The average molecular weight is 627 g/mol. The highest BCUT2D eigenvalue weighted by Gasteiger charge is 2.60. The Labute approximate surface area is 270 Å². The van der Waals surface area contributed by atoms with Gasteiger partial charge in [0.2, 0.25) is 0 Å². The quantitative estimate of drug-likeness (QED) is 0.190. The van der Waals surface area contributed by atoms with E-state index in [-0.39, 0.29) is 30.4 Å². The summed E-state index contributed by atoms with van der Waals surface area (Å²) in [5.74, 6) is 1.37.